The normalized spacial score (nSPS) is 27.9. The molecule has 3 atom stereocenters. The highest BCUT2D eigenvalue weighted by atomic mass is 35.5. The summed E-state index contributed by atoms with van der Waals surface area (Å²) in [5.74, 6) is 0.969. The fourth-order valence-corrected chi connectivity index (χ4v) is 3.09. The maximum absolute atomic E-state index is 6.02. The first-order chi connectivity index (χ1) is 9.61. The van der Waals surface area contributed by atoms with E-state index in [1.165, 1.54) is 5.56 Å². The molecule has 20 heavy (non-hydrogen) atoms. The quantitative estimate of drug-likeness (QED) is 0.922. The summed E-state index contributed by atoms with van der Waals surface area (Å²) >= 11 is 6.02. The van der Waals surface area contributed by atoms with Crippen molar-refractivity contribution >= 4 is 11.6 Å². The highest BCUT2D eigenvalue weighted by molar-refractivity contribution is 6.30. The van der Waals surface area contributed by atoms with Crippen LogP contribution in [-0.4, -0.2) is 49.4 Å². The Hall–Kier alpha value is -0.810. The molecule has 2 aliphatic rings. The molecule has 1 saturated heterocycles. The van der Waals surface area contributed by atoms with Crippen molar-refractivity contribution in [1.82, 2.24) is 4.90 Å². The second-order valence-electron chi connectivity index (χ2n) is 5.72. The highest BCUT2D eigenvalue weighted by Gasteiger charge is 2.29. The van der Waals surface area contributed by atoms with E-state index in [9.17, 15) is 0 Å². The van der Waals surface area contributed by atoms with Crippen LogP contribution in [0.5, 0.6) is 5.75 Å². The minimum absolute atomic E-state index is 0.0679. The number of nitrogens with two attached hydrogens (primary N) is 1. The van der Waals surface area contributed by atoms with Crippen LogP contribution in [0.25, 0.3) is 0 Å². The van der Waals surface area contributed by atoms with Crippen LogP contribution in [0.1, 0.15) is 12.5 Å². The van der Waals surface area contributed by atoms with Gasteiger partial charge in [-0.3, -0.25) is 4.90 Å². The van der Waals surface area contributed by atoms with E-state index in [1.54, 1.807) is 0 Å². The number of fused-ring (bicyclic) bond motifs is 1. The van der Waals surface area contributed by atoms with Gasteiger partial charge in [-0.05, 0) is 30.7 Å². The maximum atomic E-state index is 6.02. The predicted octanol–water partition coefficient (Wildman–Crippen LogP) is 1.69. The van der Waals surface area contributed by atoms with Gasteiger partial charge in [0.05, 0.1) is 12.7 Å². The van der Waals surface area contributed by atoms with Crippen molar-refractivity contribution in [3.05, 3.63) is 28.8 Å². The summed E-state index contributed by atoms with van der Waals surface area (Å²) in [5.41, 5.74) is 7.13. The Morgan fingerprint density at radius 1 is 1.50 bits per heavy atom. The Balaban J connectivity index is 1.57. The van der Waals surface area contributed by atoms with Crippen LogP contribution < -0.4 is 10.5 Å². The Morgan fingerprint density at radius 3 is 3.15 bits per heavy atom. The van der Waals surface area contributed by atoms with E-state index in [0.717, 1.165) is 43.4 Å². The van der Waals surface area contributed by atoms with E-state index >= 15 is 0 Å². The van der Waals surface area contributed by atoms with Crippen molar-refractivity contribution < 1.29 is 9.47 Å². The van der Waals surface area contributed by atoms with Gasteiger partial charge in [-0.2, -0.15) is 0 Å². The number of ether oxygens (including phenoxy) is 2. The smallest absolute Gasteiger partial charge is 0.123 e. The van der Waals surface area contributed by atoms with Gasteiger partial charge in [-0.15, -0.1) is 0 Å². The largest absolute Gasteiger partial charge is 0.488 e. The fourth-order valence-electron chi connectivity index (χ4n) is 2.89. The lowest BCUT2D eigenvalue weighted by Gasteiger charge is -2.35. The first-order valence-electron chi connectivity index (χ1n) is 7.16. The van der Waals surface area contributed by atoms with Crippen molar-refractivity contribution in [2.45, 2.75) is 31.6 Å². The summed E-state index contributed by atoms with van der Waals surface area (Å²) in [7, 11) is 0. The Kier molecular flexibility index (Phi) is 4.17. The van der Waals surface area contributed by atoms with E-state index < -0.39 is 0 Å². The molecule has 1 fully saturated rings. The molecule has 0 spiro atoms. The number of rotatable bonds is 3. The zero-order valence-electron chi connectivity index (χ0n) is 11.7. The van der Waals surface area contributed by atoms with Crippen LogP contribution in [0.3, 0.4) is 0 Å². The van der Waals surface area contributed by atoms with Crippen LogP contribution in [0, 0.1) is 0 Å². The van der Waals surface area contributed by atoms with E-state index in [4.69, 9.17) is 26.8 Å². The maximum Gasteiger partial charge on any atom is 0.123 e. The molecule has 0 aliphatic carbocycles. The number of morpholine rings is 1. The van der Waals surface area contributed by atoms with Gasteiger partial charge in [-0.25, -0.2) is 0 Å². The summed E-state index contributed by atoms with van der Waals surface area (Å²) in [5, 5.41) is 0.774. The summed E-state index contributed by atoms with van der Waals surface area (Å²) in [6, 6.07) is 5.91. The molecule has 2 aliphatic heterocycles. The van der Waals surface area contributed by atoms with Crippen molar-refractivity contribution in [3.63, 3.8) is 0 Å². The minimum Gasteiger partial charge on any atom is -0.488 e. The average molecular weight is 297 g/mol. The van der Waals surface area contributed by atoms with Gasteiger partial charge in [0.1, 0.15) is 11.9 Å². The van der Waals surface area contributed by atoms with Gasteiger partial charge in [-0.1, -0.05) is 11.6 Å². The van der Waals surface area contributed by atoms with Crippen LogP contribution in [-0.2, 0) is 11.2 Å². The molecule has 3 unspecified atom stereocenters. The molecular formula is C15H21ClN2O2. The second kappa shape index (κ2) is 5.90. The van der Waals surface area contributed by atoms with E-state index in [2.05, 4.69) is 4.90 Å². The number of hydrogen-bond acceptors (Lipinski definition) is 4. The molecule has 110 valence electrons. The lowest BCUT2D eigenvalue weighted by atomic mass is 10.1. The molecule has 5 heteroatoms. The number of halogens is 1. The second-order valence-corrected chi connectivity index (χ2v) is 6.16. The zero-order chi connectivity index (χ0) is 14.1. The lowest BCUT2D eigenvalue weighted by Crippen LogP contribution is -2.51. The molecule has 0 amide bonds. The SMILES string of the molecule is CC(N)C1CN(CC2Cc3cc(Cl)ccc3O2)CCO1. The fraction of sp³-hybridized carbons (Fsp3) is 0.600. The topological polar surface area (TPSA) is 47.7 Å². The van der Waals surface area contributed by atoms with Gasteiger partial charge in [0, 0.05) is 37.1 Å². The monoisotopic (exact) mass is 296 g/mol. The van der Waals surface area contributed by atoms with Gasteiger partial charge in [0.2, 0.25) is 0 Å². The van der Waals surface area contributed by atoms with Crippen molar-refractivity contribution in [1.29, 1.82) is 0 Å². The third-order valence-corrected chi connectivity index (χ3v) is 4.22. The van der Waals surface area contributed by atoms with Crippen LogP contribution >= 0.6 is 11.6 Å². The standard InChI is InChI=1S/C15H21ClN2O2/c1-10(17)15-9-18(4-5-19-15)8-13-7-11-6-12(16)2-3-14(11)20-13/h2-3,6,10,13,15H,4-5,7-9,17H2,1H3. The van der Waals surface area contributed by atoms with Crippen molar-refractivity contribution in [3.8, 4) is 5.75 Å². The molecule has 3 rings (SSSR count). The Labute approximate surface area is 124 Å². The molecule has 2 heterocycles. The third kappa shape index (κ3) is 3.09. The molecule has 1 aromatic rings. The number of nitrogens with zero attached hydrogens (tertiary/aromatic N) is 1. The summed E-state index contributed by atoms with van der Waals surface area (Å²) in [6.07, 6.45) is 1.26. The van der Waals surface area contributed by atoms with Gasteiger partial charge in [0.15, 0.2) is 0 Å². The Bertz CT molecular complexity index is 481. The summed E-state index contributed by atoms with van der Waals surface area (Å²) in [6.45, 7) is 5.49. The van der Waals surface area contributed by atoms with E-state index in [0.29, 0.717) is 0 Å². The van der Waals surface area contributed by atoms with Crippen LogP contribution in [0.4, 0.5) is 0 Å². The number of benzene rings is 1. The highest BCUT2D eigenvalue weighted by Crippen LogP contribution is 2.31. The molecule has 0 radical (unpaired) electrons. The van der Waals surface area contributed by atoms with Gasteiger partial charge < -0.3 is 15.2 Å². The van der Waals surface area contributed by atoms with E-state index in [-0.39, 0.29) is 18.2 Å². The minimum atomic E-state index is 0.0679. The van der Waals surface area contributed by atoms with Gasteiger partial charge in [0.25, 0.3) is 0 Å². The van der Waals surface area contributed by atoms with Crippen molar-refractivity contribution in [2.75, 3.05) is 26.2 Å². The average Bonchev–Trinajstić information content (AvgIpc) is 2.80. The summed E-state index contributed by atoms with van der Waals surface area (Å²) in [4.78, 5) is 2.38. The third-order valence-electron chi connectivity index (χ3n) is 3.99. The first kappa shape index (κ1) is 14.1. The summed E-state index contributed by atoms with van der Waals surface area (Å²) < 4.78 is 11.7. The molecule has 0 bridgehead atoms. The van der Waals surface area contributed by atoms with Crippen molar-refractivity contribution in [2.24, 2.45) is 5.73 Å². The van der Waals surface area contributed by atoms with Crippen LogP contribution in [0.2, 0.25) is 5.02 Å². The van der Waals surface area contributed by atoms with Crippen LogP contribution in [0.15, 0.2) is 18.2 Å². The molecule has 0 aromatic heterocycles. The lowest BCUT2D eigenvalue weighted by molar-refractivity contribution is -0.0452. The molecule has 0 saturated carbocycles. The zero-order valence-corrected chi connectivity index (χ0v) is 12.5. The predicted molar refractivity (Wildman–Crippen MR) is 79.4 cm³/mol. The van der Waals surface area contributed by atoms with Gasteiger partial charge >= 0.3 is 0 Å². The molecule has 2 N–H and O–H groups in total. The Morgan fingerprint density at radius 2 is 2.35 bits per heavy atom. The molecule has 4 nitrogen and oxygen atoms in total. The molecular weight excluding hydrogens is 276 g/mol. The first-order valence-corrected chi connectivity index (χ1v) is 7.54. The van der Waals surface area contributed by atoms with E-state index in [1.807, 2.05) is 25.1 Å². The number of hydrogen-bond donors (Lipinski definition) is 1. The molecule has 1 aromatic carbocycles.